The molecule has 0 unspecified atom stereocenters. The van der Waals surface area contributed by atoms with Gasteiger partial charge in [0.25, 0.3) is 5.91 Å². The Hall–Kier alpha value is -3.15. The average molecular weight is 474 g/mol. The van der Waals surface area contributed by atoms with Crippen LogP contribution in [0.2, 0.25) is 0 Å². The Balaban J connectivity index is 1.06. The standard InChI is InChI=1S/C29H28FNO4/c30-21-3-5-24-23(11-21)26(28(33)31-24)27-22-4-1-16(10-20(22)15-34-27)2-6-25(32)35-29-12-17-7-18(13-29)9-19(8-17)14-29/h1,3-5,10-11,17-19H,2,6-9,12-15H2,(H,31,33)/b27-26+. The van der Waals surface area contributed by atoms with E-state index in [1.807, 2.05) is 18.2 Å². The number of anilines is 1. The number of carbonyl (C=O) groups is 2. The molecule has 8 rings (SSSR count). The van der Waals surface area contributed by atoms with Gasteiger partial charge in [-0.05, 0) is 86.5 Å². The molecule has 6 heteroatoms. The molecule has 2 aliphatic heterocycles. The summed E-state index contributed by atoms with van der Waals surface area (Å²) in [6, 6.07) is 10.2. The molecule has 1 amide bonds. The molecule has 0 aromatic heterocycles. The number of rotatable bonds is 4. The molecule has 4 bridgehead atoms. The molecular formula is C29H28FNO4. The second-order valence-corrected chi connectivity index (χ2v) is 11.2. The van der Waals surface area contributed by atoms with Crippen LogP contribution < -0.4 is 5.32 Å². The summed E-state index contributed by atoms with van der Waals surface area (Å²) in [6.07, 6.45) is 8.12. The third kappa shape index (κ3) is 3.57. The molecule has 2 aromatic rings. The van der Waals surface area contributed by atoms with Gasteiger partial charge in [-0.3, -0.25) is 9.59 Å². The summed E-state index contributed by atoms with van der Waals surface area (Å²) >= 11 is 0. The van der Waals surface area contributed by atoms with E-state index in [4.69, 9.17) is 9.47 Å². The lowest BCUT2D eigenvalue weighted by molar-refractivity contribution is -0.186. The summed E-state index contributed by atoms with van der Waals surface area (Å²) in [7, 11) is 0. The summed E-state index contributed by atoms with van der Waals surface area (Å²) in [5.74, 6) is 1.96. The van der Waals surface area contributed by atoms with Crippen LogP contribution in [0.1, 0.15) is 67.2 Å². The fourth-order valence-corrected chi connectivity index (χ4v) is 7.64. The molecular weight excluding hydrogens is 445 g/mol. The summed E-state index contributed by atoms with van der Waals surface area (Å²) in [6.45, 7) is 0.345. The van der Waals surface area contributed by atoms with Crippen molar-refractivity contribution in [1.29, 1.82) is 0 Å². The predicted octanol–water partition coefficient (Wildman–Crippen LogP) is 5.62. The number of ether oxygens (including phenoxy) is 2. The van der Waals surface area contributed by atoms with Crippen LogP contribution in [0.5, 0.6) is 0 Å². The van der Waals surface area contributed by atoms with Crippen LogP contribution in [0.3, 0.4) is 0 Å². The van der Waals surface area contributed by atoms with E-state index < -0.39 is 5.82 Å². The number of fused-ring (bicyclic) bond motifs is 2. The summed E-state index contributed by atoms with van der Waals surface area (Å²) in [5, 5.41) is 2.79. The van der Waals surface area contributed by atoms with Gasteiger partial charge in [0.1, 0.15) is 23.8 Å². The molecule has 4 saturated carbocycles. The van der Waals surface area contributed by atoms with Crippen molar-refractivity contribution in [3.8, 4) is 0 Å². The molecule has 2 aromatic carbocycles. The van der Waals surface area contributed by atoms with Crippen LogP contribution in [-0.2, 0) is 32.1 Å². The second-order valence-electron chi connectivity index (χ2n) is 11.2. The second kappa shape index (κ2) is 7.67. The Labute approximate surface area is 203 Å². The first-order chi connectivity index (χ1) is 16.9. The van der Waals surface area contributed by atoms with Gasteiger partial charge in [0, 0.05) is 28.8 Å². The first kappa shape index (κ1) is 21.2. The zero-order valence-corrected chi connectivity index (χ0v) is 19.6. The first-order valence-corrected chi connectivity index (χ1v) is 12.8. The van der Waals surface area contributed by atoms with Crippen LogP contribution in [0.15, 0.2) is 36.4 Å². The van der Waals surface area contributed by atoms with Crippen molar-refractivity contribution < 1.29 is 23.5 Å². The van der Waals surface area contributed by atoms with Gasteiger partial charge in [-0.2, -0.15) is 0 Å². The Bertz CT molecular complexity index is 1260. The Kier molecular flexibility index (Phi) is 4.64. The predicted molar refractivity (Wildman–Crippen MR) is 128 cm³/mol. The Morgan fingerprint density at radius 1 is 1.03 bits per heavy atom. The maximum Gasteiger partial charge on any atom is 0.306 e. The van der Waals surface area contributed by atoms with Crippen molar-refractivity contribution >= 4 is 28.9 Å². The molecule has 6 aliphatic rings. The lowest BCUT2D eigenvalue weighted by Gasteiger charge is -2.55. The van der Waals surface area contributed by atoms with Crippen LogP contribution in [0, 0.1) is 23.6 Å². The van der Waals surface area contributed by atoms with Crippen LogP contribution in [0.4, 0.5) is 10.1 Å². The number of halogens is 1. The van der Waals surface area contributed by atoms with Crippen molar-refractivity contribution in [2.45, 2.75) is 63.6 Å². The highest BCUT2D eigenvalue weighted by molar-refractivity contribution is 6.36. The van der Waals surface area contributed by atoms with E-state index in [9.17, 15) is 14.0 Å². The van der Waals surface area contributed by atoms with Gasteiger partial charge in [-0.1, -0.05) is 18.2 Å². The minimum atomic E-state index is -0.396. The van der Waals surface area contributed by atoms with Gasteiger partial charge >= 0.3 is 5.97 Å². The van der Waals surface area contributed by atoms with Gasteiger partial charge in [0.15, 0.2) is 0 Å². The Morgan fingerprint density at radius 3 is 2.51 bits per heavy atom. The number of benzene rings is 2. The van der Waals surface area contributed by atoms with Crippen molar-refractivity contribution in [3.63, 3.8) is 0 Å². The molecule has 4 fully saturated rings. The summed E-state index contributed by atoms with van der Waals surface area (Å²) in [5.41, 5.74) is 4.13. The van der Waals surface area contributed by atoms with E-state index in [0.717, 1.165) is 53.7 Å². The smallest absolute Gasteiger partial charge is 0.306 e. The quantitative estimate of drug-likeness (QED) is 0.462. The molecule has 0 spiro atoms. The van der Waals surface area contributed by atoms with Gasteiger partial charge < -0.3 is 14.8 Å². The zero-order chi connectivity index (χ0) is 23.7. The molecule has 1 N–H and O–H groups in total. The fourth-order valence-electron chi connectivity index (χ4n) is 7.64. The minimum absolute atomic E-state index is 0.0900. The van der Waals surface area contributed by atoms with E-state index in [1.54, 1.807) is 6.07 Å². The normalized spacial score (nSPS) is 31.7. The maximum absolute atomic E-state index is 13.8. The highest BCUT2D eigenvalue weighted by Crippen LogP contribution is 2.57. The van der Waals surface area contributed by atoms with Crippen LogP contribution in [0.25, 0.3) is 11.3 Å². The molecule has 35 heavy (non-hydrogen) atoms. The number of esters is 1. The largest absolute Gasteiger partial charge is 0.487 e. The number of hydrogen-bond donors (Lipinski definition) is 1. The maximum atomic E-state index is 13.8. The molecule has 0 saturated heterocycles. The Morgan fingerprint density at radius 2 is 1.77 bits per heavy atom. The van der Waals surface area contributed by atoms with Gasteiger partial charge in [0.2, 0.25) is 0 Å². The van der Waals surface area contributed by atoms with E-state index in [-0.39, 0.29) is 17.5 Å². The highest BCUT2D eigenvalue weighted by Gasteiger charge is 2.53. The van der Waals surface area contributed by atoms with Crippen molar-refractivity contribution in [2.75, 3.05) is 5.32 Å². The lowest BCUT2D eigenvalue weighted by Crippen LogP contribution is -2.52. The summed E-state index contributed by atoms with van der Waals surface area (Å²) in [4.78, 5) is 25.4. The van der Waals surface area contributed by atoms with E-state index in [0.29, 0.717) is 42.0 Å². The van der Waals surface area contributed by atoms with Crippen molar-refractivity contribution in [1.82, 2.24) is 0 Å². The molecule has 4 aliphatic carbocycles. The molecule has 0 radical (unpaired) electrons. The topological polar surface area (TPSA) is 64.6 Å². The third-order valence-corrected chi connectivity index (χ3v) is 8.67. The monoisotopic (exact) mass is 473 g/mol. The number of hydrogen-bond acceptors (Lipinski definition) is 4. The van der Waals surface area contributed by atoms with Crippen molar-refractivity contribution in [3.05, 3.63) is 64.5 Å². The third-order valence-electron chi connectivity index (χ3n) is 8.67. The molecule has 2 heterocycles. The van der Waals surface area contributed by atoms with Gasteiger partial charge in [-0.25, -0.2) is 4.39 Å². The number of nitrogens with one attached hydrogen (secondary N) is 1. The van der Waals surface area contributed by atoms with E-state index >= 15 is 0 Å². The van der Waals surface area contributed by atoms with Gasteiger partial charge in [0.05, 0.1) is 5.57 Å². The number of carbonyl (C=O) groups excluding carboxylic acids is 2. The molecule has 5 nitrogen and oxygen atoms in total. The SMILES string of the molecule is O=C(CCc1ccc2c(c1)CO/C2=C1/C(=O)Nc2ccc(F)cc21)OC12CC3CC(CC(C3)C1)C2. The highest BCUT2D eigenvalue weighted by atomic mass is 19.1. The molecule has 0 atom stereocenters. The number of amides is 1. The molecule has 180 valence electrons. The van der Waals surface area contributed by atoms with Gasteiger partial charge in [-0.15, -0.1) is 0 Å². The lowest BCUT2D eigenvalue weighted by atomic mass is 9.54. The average Bonchev–Trinajstić information content (AvgIpc) is 3.35. The zero-order valence-electron chi connectivity index (χ0n) is 19.6. The van der Waals surface area contributed by atoms with Crippen molar-refractivity contribution in [2.24, 2.45) is 17.8 Å². The van der Waals surface area contributed by atoms with Crippen LogP contribution in [-0.4, -0.2) is 17.5 Å². The van der Waals surface area contributed by atoms with E-state index in [2.05, 4.69) is 5.32 Å². The fraction of sp³-hybridized carbons (Fsp3) is 0.448. The first-order valence-electron chi connectivity index (χ1n) is 12.8. The number of aryl methyl sites for hydroxylation is 1. The van der Waals surface area contributed by atoms with E-state index in [1.165, 1.54) is 31.4 Å². The minimum Gasteiger partial charge on any atom is -0.487 e. The summed E-state index contributed by atoms with van der Waals surface area (Å²) < 4.78 is 25.9. The van der Waals surface area contributed by atoms with Crippen LogP contribution >= 0.6 is 0 Å².